The highest BCUT2D eigenvalue weighted by Gasteiger charge is 2.27. The van der Waals surface area contributed by atoms with Crippen molar-refractivity contribution in [3.8, 4) is 0 Å². The number of carbonyl (C=O) groups excluding carboxylic acids is 2. The van der Waals surface area contributed by atoms with Crippen molar-refractivity contribution in [1.82, 2.24) is 0 Å². The lowest BCUT2D eigenvalue weighted by Gasteiger charge is -2.14. The van der Waals surface area contributed by atoms with E-state index in [-0.39, 0.29) is 11.1 Å². The monoisotopic (exact) mass is 300 g/mol. The molecule has 0 aliphatic rings. The van der Waals surface area contributed by atoms with E-state index in [9.17, 15) is 14.4 Å². The summed E-state index contributed by atoms with van der Waals surface area (Å²) in [7, 11) is 0. The molecule has 2 aromatic rings. The second-order valence-corrected chi connectivity index (χ2v) is 4.21. The van der Waals surface area contributed by atoms with E-state index in [0.29, 0.717) is 0 Å². The number of carboxylic acids is 1. The minimum absolute atomic E-state index is 0.157. The van der Waals surface area contributed by atoms with Crippen LogP contribution < -0.4 is 0 Å². The zero-order valence-corrected chi connectivity index (χ0v) is 11.3. The van der Waals surface area contributed by atoms with E-state index < -0.39 is 24.2 Å². The summed E-state index contributed by atoms with van der Waals surface area (Å²) in [6.45, 7) is 0. The van der Waals surface area contributed by atoms with Gasteiger partial charge in [0.25, 0.3) is 0 Å². The van der Waals surface area contributed by atoms with Crippen molar-refractivity contribution in [1.29, 1.82) is 0 Å². The molecular weight excluding hydrogens is 288 g/mol. The van der Waals surface area contributed by atoms with Gasteiger partial charge in [-0.3, -0.25) is 0 Å². The molecule has 0 aliphatic carbocycles. The van der Waals surface area contributed by atoms with Gasteiger partial charge in [0, 0.05) is 0 Å². The van der Waals surface area contributed by atoms with Crippen LogP contribution in [-0.4, -0.2) is 29.3 Å². The Morgan fingerprint density at radius 1 is 0.727 bits per heavy atom. The Kier molecular flexibility index (Phi) is 4.87. The standard InChI is InChI=1S/C16H12O6/c17-13(18)16(21-14(19)11-7-3-1-4-8-11)22-15(20)12-9-5-2-6-10-12/h1-10,16H,(H,17,18). The average molecular weight is 300 g/mol. The van der Waals surface area contributed by atoms with E-state index in [1.165, 1.54) is 24.3 Å². The molecule has 0 bridgehead atoms. The molecule has 2 aromatic carbocycles. The molecule has 0 saturated carbocycles. The first-order valence-electron chi connectivity index (χ1n) is 6.33. The number of aliphatic carboxylic acids is 1. The van der Waals surface area contributed by atoms with Crippen molar-refractivity contribution in [3.05, 3.63) is 71.8 Å². The van der Waals surface area contributed by atoms with Gasteiger partial charge in [-0.1, -0.05) is 36.4 Å². The lowest BCUT2D eigenvalue weighted by Crippen LogP contribution is -2.32. The van der Waals surface area contributed by atoms with Crippen LogP contribution in [-0.2, 0) is 14.3 Å². The number of esters is 2. The molecule has 0 fully saturated rings. The molecular formula is C16H12O6. The van der Waals surface area contributed by atoms with Gasteiger partial charge < -0.3 is 14.6 Å². The Morgan fingerprint density at radius 2 is 1.09 bits per heavy atom. The molecule has 2 rings (SSSR count). The van der Waals surface area contributed by atoms with Gasteiger partial charge in [0.05, 0.1) is 11.1 Å². The topological polar surface area (TPSA) is 89.9 Å². The van der Waals surface area contributed by atoms with Gasteiger partial charge in [-0.05, 0) is 24.3 Å². The van der Waals surface area contributed by atoms with E-state index in [4.69, 9.17) is 14.6 Å². The zero-order chi connectivity index (χ0) is 15.9. The smallest absolute Gasteiger partial charge is 0.387 e. The maximum Gasteiger partial charge on any atom is 0.387 e. The van der Waals surface area contributed by atoms with Crippen LogP contribution in [0, 0.1) is 0 Å². The summed E-state index contributed by atoms with van der Waals surface area (Å²) in [6.07, 6.45) is -2.01. The Labute approximate surface area is 125 Å². The van der Waals surface area contributed by atoms with Crippen molar-refractivity contribution in [2.45, 2.75) is 6.29 Å². The van der Waals surface area contributed by atoms with Crippen LogP contribution in [0.2, 0.25) is 0 Å². The molecule has 0 radical (unpaired) electrons. The average Bonchev–Trinajstić information content (AvgIpc) is 2.55. The molecule has 6 nitrogen and oxygen atoms in total. The van der Waals surface area contributed by atoms with Gasteiger partial charge in [-0.15, -0.1) is 0 Å². The van der Waals surface area contributed by atoms with Crippen molar-refractivity contribution in [2.24, 2.45) is 0 Å². The first-order chi connectivity index (χ1) is 10.6. The highest BCUT2D eigenvalue weighted by Crippen LogP contribution is 2.09. The molecule has 112 valence electrons. The number of benzene rings is 2. The van der Waals surface area contributed by atoms with Crippen LogP contribution in [0.4, 0.5) is 0 Å². The summed E-state index contributed by atoms with van der Waals surface area (Å²) in [6, 6.07) is 15.6. The number of hydrogen-bond acceptors (Lipinski definition) is 5. The lowest BCUT2D eigenvalue weighted by atomic mass is 10.2. The molecule has 0 spiro atoms. The molecule has 22 heavy (non-hydrogen) atoms. The van der Waals surface area contributed by atoms with Gasteiger partial charge in [0.15, 0.2) is 0 Å². The van der Waals surface area contributed by atoms with Gasteiger partial charge in [-0.25, -0.2) is 14.4 Å². The van der Waals surface area contributed by atoms with E-state index >= 15 is 0 Å². The van der Waals surface area contributed by atoms with Gasteiger partial charge in [0.2, 0.25) is 0 Å². The van der Waals surface area contributed by atoms with E-state index in [0.717, 1.165) is 0 Å². The molecule has 0 amide bonds. The molecule has 6 heteroatoms. The molecule has 0 saturated heterocycles. The van der Waals surface area contributed by atoms with E-state index in [1.807, 2.05) is 0 Å². The summed E-state index contributed by atoms with van der Waals surface area (Å²) >= 11 is 0. The molecule has 0 aromatic heterocycles. The Bertz CT molecular complexity index is 612. The van der Waals surface area contributed by atoms with Crippen LogP contribution in [0.25, 0.3) is 0 Å². The highest BCUT2D eigenvalue weighted by atomic mass is 16.7. The molecule has 0 aliphatic heterocycles. The first-order valence-corrected chi connectivity index (χ1v) is 6.33. The van der Waals surface area contributed by atoms with E-state index in [1.54, 1.807) is 36.4 Å². The van der Waals surface area contributed by atoms with Gasteiger partial charge >= 0.3 is 24.2 Å². The number of ether oxygens (including phenoxy) is 2. The van der Waals surface area contributed by atoms with Crippen LogP contribution in [0.1, 0.15) is 20.7 Å². The minimum Gasteiger partial charge on any atom is -0.476 e. The summed E-state index contributed by atoms with van der Waals surface area (Å²) in [5, 5.41) is 9.01. The number of rotatable bonds is 5. The summed E-state index contributed by atoms with van der Waals surface area (Å²) in [5.41, 5.74) is 0.314. The zero-order valence-electron chi connectivity index (χ0n) is 11.3. The molecule has 0 unspecified atom stereocenters. The molecule has 1 N–H and O–H groups in total. The van der Waals surface area contributed by atoms with Crippen molar-refractivity contribution < 1.29 is 29.0 Å². The van der Waals surface area contributed by atoms with Gasteiger partial charge in [-0.2, -0.15) is 0 Å². The third-order valence-corrected chi connectivity index (χ3v) is 2.65. The molecule has 0 heterocycles. The Hall–Kier alpha value is -3.15. The summed E-state index contributed by atoms with van der Waals surface area (Å²) < 4.78 is 9.42. The van der Waals surface area contributed by atoms with Crippen molar-refractivity contribution in [2.75, 3.05) is 0 Å². The lowest BCUT2D eigenvalue weighted by molar-refractivity contribution is -0.168. The highest BCUT2D eigenvalue weighted by molar-refractivity contribution is 5.93. The normalized spacial score (nSPS) is 10.0. The second-order valence-electron chi connectivity index (χ2n) is 4.21. The van der Waals surface area contributed by atoms with Crippen LogP contribution in [0.3, 0.4) is 0 Å². The Morgan fingerprint density at radius 3 is 1.41 bits per heavy atom. The van der Waals surface area contributed by atoms with Crippen molar-refractivity contribution in [3.63, 3.8) is 0 Å². The molecule has 0 atom stereocenters. The second kappa shape index (κ2) is 7.03. The summed E-state index contributed by atoms with van der Waals surface area (Å²) in [4.78, 5) is 34.7. The fraction of sp³-hybridized carbons (Fsp3) is 0.0625. The van der Waals surface area contributed by atoms with Crippen LogP contribution in [0.5, 0.6) is 0 Å². The maximum atomic E-state index is 11.8. The largest absolute Gasteiger partial charge is 0.476 e. The fourth-order valence-corrected chi connectivity index (χ4v) is 1.60. The minimum atomic E-state index is -2.01. The van der Waals surface area contributed by atoms with Gasteiger partial charge in [0.1, 0.15) is 0 Å². The first kappa shape index (κ1) is 15.2. The predicted molar refractivity (Wildman–Crippen MR) is 75.1 cm³/mol. The third-order valence-electron chi connectivity index (χ3n) is 2.65. The quantitative estimate of drug-likeness (QED) is 0.672. The summed E-state index contributed by atoms with van der Waals surface area (Å²) in [5.74, 6) is -3.36. The van der Waals surface area contributed by atoms with Crippen LogP contribution >= 0.6 is 0 Å². The fourth-order valence-electron chi connectivity index (χ4n) is 1.60. The van der Waals surface area contributed by atoms with Crippen LogP contribution in [0.15, 0.2) is 60.7 Å². The van der Waals surface area contributed by atoms with E-state index in [2.05, 4.69) is 0 Å². The number of carboxylic acid groups (broad SMARTS) is 1. The number of carbonyl (C=O) groups is 3. The Balaban J connectivity index is 2.06. The number of hydrogen-bond donors (Lipinski definition) is 1. The predicted octanol–water partition coefficient (Wildman–Crippen LogP) is 2.11. The third kappa shape index (κ3) is 3.92. The SMILES string of the molecule is O=C(OC(OC(=O)c1ccccc1)C(=O)O)c1ccccc1. The van der Waals surface area contributed by atoms with Crippen molar-refractivity contribution >= 4 is 17.9 Å². The maximum absolute atomic E-state index is 11.8.